The number of nitrogens with one attached hydrogen (secondary N) is 1. The van der Waals surface area contributed by atoms with Crippen molar-refractivity contribution in [1.29, 1.82) is 0 Å². The van der Waals surface area contributed by atoms with Crippen molar-refractivity contribution >= 4 is 11.9 Å². The summed E-state index contributed by atoms with van der Waals surface area (Å²) in [6.45, 7) is 1.40. The monoisotopic (exact) mass is 204 g/mol. The number of hydrogen-bond acceptors (Lipinski definition) is 4. The molecule has 0 fully saturated rings. The molecule has 0 bridgehead atoms. The number of rotatable bonds is 6. The van der Waals surface area contributed by atoms with E-state index in [0.29, 0.717) is 17.9 Å². The SMILES string of the molecule is CN[C@@H](CCCN(O)C(C)=O)C(=O)O. The first-order valence-corrected chi connectivity index (χ1v) is 4.36. The van der Waals surface area contributed by atoms with Crippen molar-refractivity contribution in [3.63, 3.8) is 0 Å². The predicted molar refractivity (Wildman–Crippen MR) is 48.9 cm³/mol. The molecular weight excluding hydrogens is 188 g/mol. The van der Waals surface area contributed by atoms with Gasteiger partial charge in [-0.2, -0.15) is 0 Å². The molecule has 0 radical (unpaired) electrons. The third kappa shape index (κ3) is 4.78. The second-order valence-electron chi connectivity index (χ2n) is 2.96. The van der Waals surface area contributed by atoms with E-state index in [4.69, 9.17) is 10.3 Å². The number of hydrogen-bond donors (Lipinski definition) is 3. The number of carbonyl (C=O) groups is 2. The van der Waals surface area contributed by atoms with Crippen LogP contribution in [0.1, 0.15) is 19.8 Å². The lowest BCUT2D eigenvalue weighted by molar-refractivity contribution is -0.162. The molecule has 0 aromatic carbocycles. The minimum absolute atomic E-state index is 0.154. The van der Waals surface area contributed by atoms with Gasteiger partial charge in [-0.05, 0) is 19.9 Å². The second-order valence-corrected chi connectivity index (χ2v) is 2.96. The molecule has 0 unspecified atom stereocenters. The van der Waals surface area contributed by atoms with Crippen LogP contribution in [0.4, 0.5) is 0 Å². The van der Waals surface area contributed by atoms with Crippen LogP contribution < -0.4 is 5.32 Å². The van der Waals surface area contributed by atoms with Gasteiger partial charge in [0, 0.05) is 13.5 Å². The highest BCUT2D eigenvalue weighted by Gasteiger charge is 2.14. The molecule has 0 aliphatic heterocycles. The zero-order chi connectivity index (χ0) is 11.1. The third-order valence-corrected chi connectivity index (χ3v) is 1.87. The summed E-state index contributed by atoms with van der Waals surface area (Å²) in [4.78, 5) is 21.1. The van der Waals surface area contributed by atoms with Gasteiger partial charge in [-0.25, -0.2) is 5.06 Å². The fourth-order valence-corrected chi connectivity index (χ4v) is 0.994. The number of carbonyl (C=O) groups excluding carboxylic acids is 1. The lowest BCUT2D eigenvalue weighted by Gasteiger charge is -2.14. The van der Waals surface area contributed by atoms with Gasteiger partial charge in [0.1, 0.15) is 6.04 Å². The molecule has 0 saturated carbocycles. The second kappa shape index (κ2) is 6.33. The van der Waals surface area contributed by atoms with E-state index in [9.17, 15) is 9.59 Å². The molecule has 0 aliphatic rings. The maximum absolute atomic E-state index is 10.6. The van der Waals surface area contributed by atoms with E-state index < -0.39 is 17.9 Å². The lowest BCUT2D eigenvalue weighted by Crippen LogP contribution is -2.35. The molecular formula is C8H16N2O4. The van der Waals surface area contributed by atoms with Crippen LogP contribution in [0.2, 0.25) is 0 Å². The first-order valence-electron chi connectivity index (χ1n) is 4.36. The summed E-state index contributed by atoms with van der Waals surface area (Å²) in [7, 11) is 1.56. The molecule has 0 spiro atoms. The van der Waals surface area contributed by atoms with Gasteiger partial charge in [0.25, 0.3) is 0 Å². The van der Waals surface area contributed by atoms with E-state index in [-0.39, 0.29) is 6.54 Å². The van der Waals surface area contributed by atoms with Gasteiger partial charge in [-0.1, -0.05) is 0 Å². The maximum atomic E-state index is 10.6. The first kappa shape index (κ1) is 12.9. The fourth-order valence-electron chi connectivity index (χ4n) is 0.994. The Bertz CT molecular complexity index is 208. The molecule has 0 aromatic heterocycles. The largest absolute Gasteiger partial charge is 0.480 e. The molecule has 0 aliphatic carbocycles. The minimum atomic E-state index is -0.931. The number of hydroxylamine groups is 2. The van der Waals surface area contributed by atoms with Gasteiger partial charge in [-0.3, -0.25) is 14.8 Å². The molecule has 1 atom stereocenters. The van der Waals surface area contributed by atoms with E-state index in [0.717, 1.165) is 0 Å². The van der Waals surface area contributed by atoms with Crippen LogP contribution in [0.15, 0.2) is 0 Å². The topological polar surface area (TPSA) is 89.9 Å². The summed E-state index contributed by atoms with van der Waals surface area (Å²) in [6, 6.07) is -0.629. The highest BCUT2D eigenvalue weighted by molar-refractivity contribution is 5.73. The first-order chi connectivity index (χ1) is 6.49. The summed E-state index contributed by atoms with van der Waals surface area (Å²) in [5, 5.41) is 20.8. The molecule has 3 N–H and O–H groups in total. The number of nitrogens with zero attached hydrogens (tertiary/aromatic N) is 1. The zero-order valence-electron chi connectivity index (χ0n) is 8.36. The lowest BCUT2D eigenvalue weighted by atomic mass is 10.1. The number of aliphatic carboxylic acids is 1. The Morgan fingerprint density at radius 2 is 2.07 bits per heavy atom. The number of likely N-dealkylation sites (N-methyl/N-ethyl adjacent to an activating group) is 1. The van der Waals surface area contributed by atoms with Crippen molar-refractivity contribution in [3.05, 3.63) is 0 Å². The summed E-state index contributed by atoms with van der Waals surface area (Å²) >= 11 is 0. The van der Waals surface area contributed by atoms with Crippen LogP contribution in [-0.2, 0) is 9.59 Å². The summed E-state index contributed by atoms with van der Waals surface area (Å²) < 4.78 is 0. The van der Waals surface area contributed by atoms with Crippen molar-refractivity contribution < 1.29 is 19.9 Å². The number of carboxylic acid groups (broad SMARTS) is 1. The zero-order valence-corrected chi connectivity index (χ0v) is 8.36. The van der Waals surface area contributed by atoms with Crippen LogP contribution >= 0.6 is 0 Å². The van der Waals surface area contributed by atoms with Gasteiger partial charge >= 0.3 is 5.97 Å². The van der Waals surface area contributed by atoms with Gasteiger partial charge in [0.2, 0.25) is 5.91 Å². The number of carboxylic acids is 1. The van der Waals surface area contributed by atoms with Gasteiger partial charge < -0.3 is 10.4 Å². The van der Waals surface area contributed by atoms with E-state index in [1.165, 1.54) is 6.92 Å². The summed E-state index contributed by atoms with van der Waals surface area (Å²) in [6.07, 6.45) is 0.810. The fraction of sp³-hybridized carbons (Fsp3) is 0.750. The Balaban J connectivity index is 3.71. The van der Waals surface area contributed by atoms with Crippen LogP contribution in [-0.4, -0.2) is 46.9 Å². The smallest absolute Gasteiger partial charge is 0.320 e. The van der Waals surface area contributed by atoms with Crippen LogP contribution in [0.25, 0.3) is 0 Å². The highest BCUT2D eigenvalue weighted by atomic mass is 16.5. The van der Waals surface area contributed by atoms with Crippen molar-refractivity contribution in [2.45, 2.75) is 25.8 Å². The molecule has 0 aromatic rings. The maximum Gasteiger partial charge on any atom is 0.320 e. The molecule has 1 amide bonds. The Morgan fingerprint density at radius 3 is 2.43 bits per heavy atom. The minimum Gasteiger partial charge on any atom is -0.480 e. The molecule has 0 saturated heterocycles. The van der Waals surface area contributed by atoms with Gasteiger partial charge in [-0.15, -0.1) is 0 Å². The molecule has 6 heteroatoms. The summed E-state index contributed by atoms with van der Waals surface area (Å²) in [5.74, 6) is -1.37. The summed E-state index contributed by atoms with van der Waals surface area (Å²) in [5.41, 5.74) is 0. The molecule has 14 heavy (non-hydrogen) atoms. The van der Waals surface area contributed by atoms with E-state index in [1.807, 2.05) is 0 Å². The van der Waals surface area contributed by atoms with Crippen molar-refractivity contribution in [2.75, 3.05) is 13.6 Å². The molecule has 6 nitrogen and oxygen atoms in total. The van der Waals surface area contributed by atoms with Crippen molar-refractivity contribution in [3.8, 4) is 0 Å². The molecule has 0 heterocycles. The van der Waals surface area contributed by atoms with Crippen molar-refractivity contribution in [2.24, 2.45) is 0 Å². The normalized spacial score (nSPS) is 12.2. The Morgan fingerprint density at radius 1 is 1.50 bits per heavy atom. The average molecular weight is 204 g/mol. The van der Waals surface area contributed by atoms with Gasteiger partial charge in [0.15, 0.2) is 0 Å². The predicted octanol–water partition coefficient (Wildman–Crippen LogP) is -0.323. The Kier molecular flexibility index (Phi) is 5.82. The highest BCUT2D eigenvalue weighted by Crippen LogP contribution is 1.98. The standard InChI is InChI=1S/C8H16N2O4/c1-6(11)10(14)5-3-4-7(9-2)8(12)13/h7,9,14H,3-5H2,1-2H3,(H,12,13)/t7-/m0/s1. The quantitative estimate of drug-likeness (QED) is 0.407. The van der Waals surface area contributed by atoms with Crippen molar-refractivity contribution in [1.82, 2.24) is 10.4 Å². The van der Waals surface area contributed by atoms with E-state index in [1.54, 1.807) is 7.05 Å². The number of amides is 1. The van der Waals surface area contributed by atoms with E-state index in [2.05, 4.69) is 5.32 Å². The average Bonchev–Trinajstić information content (AvgIpc) is 2.11. The van der Waals surface area contributed by atoms with E-state index >= 15 is 0 Å². The third-order valence-electron chi connectivity index (χ3n) is 1.87. The van der Waals surface area contributed by atoms with Crippen LogP contribution in [0, 0.1) is 0 Å². The Hall–Kier alpha value is -1.14. The van der Waals surface area contributed by atoms with Gasteiger partial charge in [0.05, 0.1) is 0 Å². The molecule has 82 valence electrons. The molecule has 0 rings (SSSR count). The van der Waals surface area contributed by atoms with Crippen LogP contribution in [0.5, 0.6) is 0 Å². The Labute approximate surface area is 82.5 Å². The van der Waals surface area contributed by atoms with Crippen LogP contribution in [0.3, 0.4) is 0 Å².